The number of amides is 3. The number of aromatic nitrogens is 1. The number of halogens is 4. The number of carbonyl (C=O) groups excluding carboxylic acids is 3. The fourth-order valence-corrected chi connectivity index (χ4v) is 5.40. The van der Waals surface area contributed by atoms with Gasteiger partial charge in [0.15, 0.2) is 0 Å². The van der Waals surface area contributed by atoms with Crippen LogP contribution in [0.3, 0.4) is 0 Å². The Morgan fingerprint density at radius 3 is 2.53 bits per heavy atom. The Balaban J connectivity index is 0.00000423. The molecule has 1 saturated heterocycles. The van der Waals surface area contributed by atoms with Crippen LogP contribution in [0.5, 0.6) is 0 Å². The number of pyridine rings is 1. The molecule has 2 aromatic carbocycles. The minimum absolute atomic E-state index is 0. The van der Waals surface area contributed by atoms with Crippen molar-refractivity contribution in [3.8, 4) is 6.07 Å². The summed E-state index contributed by atoms with van der Waals surface area (Å²) in [5.41, 5.74) is 0.154. The van der Waals surface area contributed by atoms with E-state index in [1.54, 1.807) is 12.1 Å². The van der Waals surface area contributed by atoms with Gasteiger partial charge in [0.1, 0.15) is 29.8 Å². The molecular weight excluding hydrogens is 587 g/mol. The zero-order valence-electron chi connectivity index (χ0n) is 21.8. The van der Waals surface area contributed by atoms with Gasteiger partial charge < -0.3 is 10.4 Å². The molecule has 1 saturated carbocycles. The summed E-state index contributed by atoms with van der Waals surface area (Å²) in [5, 5.41) is 22.4. The highest BCUT2D eigenvalue weighted by Crippen LogP contribution is 2.40. The van der Waals surface area contributed by atoms with Crippen LogP contribution in [0, 0.1) is 17.1 Å². The van der Waals surface area contributed by atoms with Crippen LogP contribution in [0.2, 0.25) is 5.02 Å². The molecule has 5 rings (SSSR count). The number of nitrogens with one attached hydrogen (secondary N) is 1. The first-order chi connectivity index (χ1) is 20.0. The molecule has 2 N–H and O–H groups in total. The molecule has 1 aromatic heterocycles. The first-order valence-corrected chi connectivity index (χ1v) is 13.3. The highest BCUT2D eigenvalue weighted by molar-refractivity contribution is 6.31. The summed E-state index contributed by atoms with van der Waals surface area (Å²) in [6, 6.07) is 11.5. The van der Waals surface area contributed by atoms with Gasteiger partial charge in [0.05, 0.1) is 11.6 Å². The number of anilines is 2. The lowest BCUT2D eigenvalue weighted by Gasteiger charge is -2.39. The summed E-state index contributed by atoms with van der Waals surface area (Å²) in [4.78, 5) is 47.3. The second-order valence-electron chi connectivity index (χ2n) is 10.1. The normalized spacial score (nSPS) is 19.9. The van der Waals surface area contributed by atoms with Gasteiger partial charge in [-0.15, -0.1) is 0 Å². The number of hydrogen-bond donors (Lipinski definition) is 2. The van der Waals surface area contributed by atoms with Gasteiger partial charge in [0, 0.05) is 47.8 Å². The maximum absolute atomic E-state index is 14.5. The predicted molar refractivity (Wildman–Crippen MR) is 152 cm³/mol. The van der Waals surface area contributed by atoms with E-state index in [1.165, 1.54) is 42.6 Å². The monoisotopic (exact) mass is 613 g/mol. The van der Waals surface area contributed by atoms with Crippen LogP contribution in [0.1, 0.15) is 43.9 Å². The number of alkyl halides is 2. The van der Waals surface area contributed by atoms with E-state index in [9.17, 15) is 37.9 Å². The van der Waals surface area contributed by atoms with Crippen molar-refractivity contribution in [3.05, 3.63) is 88.8 Å². The molecule has 0 bridgehead atoms. The van der Waals surface area contributed by atoms with E-state index in [0.29, 0.717) is 0 Å². The molecule has 224 valence electrons. The van der Waals surface area contributed by atoms with Crippen molar-refractivity contribution in [1.29, 1.82) is 5.26 Å². The fraction of sp³-hybridized carbons (Fsp3) is 0.300. The topological polar surface area (TPSA) is 127 Å². The van der Waals surface area contributed by atoms with E-state index in [0.717, 1.165) is 21.9 Å². The first kappa shape index (κ1) is 31.5. The van der Waals surface area contributed by atoms with Crippen LogP contribution in [0.15, 0.2) is 66.9 Å². The van der Waals surface area contributed by atoms with Gasteiger partial charge in [0.2, 0.25) is 5.91 Å². The highest BCUT2D eigenvalue weighted by atomic mass is 35.5. The third-order valence-electron chi connectivity index (χ3n) is 7.15. The molecule has 13 heteroatoms. The maximum Gasteiger partial charge on any atom is 0.257 e. The van der Waals surface area contributed by atoms with Crippen LogP contribution in [-0.2, 0) is 14.4 Å². The van der Waals surface area contributed by atoms with Crippen molar-refractivity contribution >= 4 is 40.8 Å². The zero-order valence-corrected chi connectivity index (χ0v) is 22.5. The van der Waals surface area contributed by atoms with Gasteiger partial charge in [-0.1, -0.05) is 43.3 Å². The molecule has 43 heavy (non-hydrogen) atoms. The van der Waals surface area contributed by atoms with E-state index in [1.807, 2.05) is 6.07 Å². The van der Waals surface area contributed by atoms with E-state index < -0.39 is 73.0 Å². The Morgan fingerprint density at radius 1 is 1.16 bits per heavy atom. The number of nitrogens with zero attached hydrogens (tertiary/aromatic N) is 4. The Kier molecular flexibility index (Phi) is 9.08. The molecule has 0 radical (unpaired) electrons. The second-order valence-corrected chi connectivity index (χ2v) is 10.5. The second kappa shape index (κ2) is 12.4. The van der Waals surface area contributed by atoms with Crippen LogP contribution in [0.25, 0.3) is 0 Å². The van der Waals surface area contributed by atoms with Crippen LogP contribution < -0.4 is 15.1 Å². The third kappa shape index (κ3) is 6.33. The van der Waals surface area contributed by atoms with E-state index in [2.05, 4.69) is 10.3 Å². The number of rotatable bonds is 7. The zero-order chi connectivity index (χ0) is 30.2. The Bertz CT molecular complexity index is 1590. The van der Waals surface area contributed by atoms with Gasteiger partial charge in [-0.3, -0.25) is 24.2 Å². The minimum Gasteiger partial charge on any atom is -0.383 e. The quantitative estimate of drug-likeness (QED) is 0.403. The summed E-state index contributed by atoms with van der Waals surface area (Å²) >= 11 is 6.47. The molecular formula is C30H27ClF3N5O4. The molecule has 0 unspecified atom stereocenters. The minimum atomic E-state index is -2.94. The predicted octanol–water partition coefficient (Wildman–Crippen LogP) is 4.54. The molecule has 0 spiro atoms. The lowest BCUT2D eigenvalue weighted by Crippen LogP contribution is -2.56. The van der Waals surface area contributed by atoms with Gasteiger partial charge in [0.25, 0.3) is 17.7 Å². The number of carbonyl (C=O) groups is 3. The summed E-state index contributed by atoms with van der Waals surface area (Å²) < 4.78 is 41.7. The average Bonchev–Trinajstić information content (AvgIpc) is 3.24. The molecule has 3 amide bonds. The van der Waals surface area contributed by atoms with Crippen molar-refractivity contribution in [3.63, 3.8) is 0 Å². The Morgan fingerprint density at radius 2 is 1.88 bits per heavy atom. The van der Waals surface area contributed by atoms with E-state index in [-0.39, 0.29) is 35.1 Å². The number of nitriles is 1. The van der Waals surface area contributed by atoms with Gasteiger partial charge >= 0.3 is 0 Å². The van der Waals surface area contributed by atoms with Crippen molar-refractivity contribution in [2.75, 3.05) is 9.80 Å². The van der Waals surface area contributed by atoms with Crippen LogP contribution >= 0.6 is 11.6 Å². The lowest BCUT2D eigenvalue weighted by atomic mass is 9.87. The summed E-state index contributed by atoms with van der Waals surface area (Å²) in [6.45, 7) is 0. The molecule has 2 aliphatic rings. The van der Waals surface area contributed by atoms with Crippen molar-refractivity contribution in [2.45, 2.75) is 56.8 Å². The molecule has 3 atom stereocenters. The van der Waals surface area contributed by atoms with Gasteiger partial charge in [-0.2, -0.15) is 5.26 Å². The fourth-order valence-electron chi connectivity index (χ4n) is 5.16. The Hall–Kier alpha value is -4.47. The molecule has 3 aromatic rings. The van der Waals surface area contributed by atoms with E-state index in [4.69, 9.17) is 11.6 Å². The Labute approximate surface area is 250 Å². The largest absolute Gasteiger partial charge is 0.383 e. The number of benzene rings is 2. The standard InChI is InChI=1S/C29H23ClF3N5O4.CH4/c30-21-7-2-1-6-20(21)25(26(40)36-18-13-29(32,33)14-18)37(19-5-3-4-17(31)11-19)27(41)22-12-23(39)28(42)38(22)24-10-16(15-34)8-9-35-24;/h1-11,18,22-23,25,39H,12-14H2,(H,36,40);1H4/t22-,23-,25-;/m0./s1. The molecule has 1 aliphatic carbocycles. The summed E-state index contributed by atoms with van der Waals surface area (Å²) in [5.74, 6) is -6.42. The van der Waals surface area contributed by atoms with Crippen LogP contribution in [-0.4, -0.2) is 51.9 Å². The van der Waals surface area contributed by atoms with Crippen LogP contribution in [0.4, 0.5) is 24.7 Å². The highest BCUT2D eigenvalue weighted by Gasteiger charge is 2.50. The number of aliphatic hydroxyl groups excluding tert-OH is 1. The number of hydrogen-bond acceptors (Lipinski definition) is 6. The summed E-state index contributed by atoms with van der Waals surface area (Å²) in [7, 11) is 0. The van der Waals surface area contributed by atoms with Crippen molar-refractivity contribution in [1.82, 2.24) is 10.3 Å². The van der Waals surface area contributed by atoms with Crippen molar-refractivity contribution in [2.24, 2.45) is 0 Å². The maximum atomic E-state index is 14.5. The van der Waals surface area contributed by atoms with Gasteiger partial charge in [-0.25, -0.2) is 18.2 Å². The van der Waals surface area contributed by atoms with Gasteiger partial charge in [-0.05, 0) is 36.4 Å². The molecule has 2 fully saturated rings. The smallest absolute Gasteiger partial charge is 0.257 e. The third-order valence-corrected chi connectivity index (χ3v) is 7.50. The molecule has 9 nitrogen and oxygen atoms in total. The average molecular weight is 614 g/mol. The molecule has 2 heterocycles. The van der Waals surface area contributed by atoms with Crippen molar-refractivity contribution < 1.29 is 32.7 Å². The number of aliphatic hydroxyl groups is 1. The first-order valence-electron chi connectivity index (χ1n) is 12.9. The summed E-state index contributed by atoms with van der Waals surface area (Å²) in [6.07, 6.45) is -1.97. The van der Waals surface area contributed by atoms with E-state index >= 15 is 0 Å². The SMILES string of the molecule is C.N#Cc1ccnc(N2C(=O)[C@@H](O)C[C@H]2C(=O)N(c2cccc(F)c2)[C@H](C(=O)NC2CC(F)(F)C2)c2ccccc2Cl)c1. The molecule has 1 aliphatic heterocycles. The lowest BCUT2D eigenvalue weighted by molar-refractivity contribution is -0.133.